The maximum atomic E-state index is 13.6. The average molecular weight is 423 g/mol. The number of nitrogens with zero attached hydrogens (tertiary/aromatic N) is 2. The zero-order valence-corrected chi connectivity index (χ0v) is 17.4. The molecule has 0 unspecified atom stereocenters. The van der Waals surface area contributed by atoms with E-state index >= 15 is 0 Å². The van der Waals surface area contributed by atoms with Crippen molar-refractivity contribution in [2.75, 3.05) is 12.3 Å². The van der Waals surface area contributed by atoms with E-state index in [1.807, 2.05) is 18.2 Å². The largest absolute Gasteiger partial charge is 0.295 e. The molecule has 0 N–H and O–H groups in total. The van der Waals surface area contributed by atoms with Crippen LogP contribution in [0.5, 0.6) is 0 Å². The summed E-state index contributed by atoms with van der Waals surface area (Å²) in [5.74, 6) is -0.248. The minimum Gasteiger partial charge on any atom is -0.295 e. The van der Waals surface area contributed by atoms with Crippen LogP contribution in [0.15, 0.2) is 83.8 Å². The first kappa shape index (κ1) is 21.7. The third-order valence-electron chi connectivity index (χ3n) is 4.77. The fourth-order valence-corrected chi connectivity index (χ4v) is 4.59. The Bertz CT molecular complexity index is 1110. The molecule has 0 spiro atoms. The number of hydrogen-bond donors (Lipinski definition) is 0. The van der Waals surface area contributed by atoms with Crippen LogP contribution in [0.25, 0.3) is 0 Å². The van der Waals surface area contributed by atoms with Gasteiger partial charge >= 0.3 is 0 Å². The highest BCUT2D eigenvalue weighted by Gasteiger charge is 2.15. The molecule has 3 rings (SSSR count). The van der Waals surface area contributed by atoms with Gasteiger partial charge in [-0.25, -0.2) is 12.8 Å². The Labute approximate surface area is 177 Å². The molecule has 0 radical (unpaired) electrons. The zero-order valence-electron chi connectivity index (χ0n) is 16.5. The molecule has 0 atom stereocenters. The summed E-state index contributed by atoms with van der Waals surface area (Å²) in [5, 5.41) is 8.96. The Hall–Kier alpha value is -3.01. The topological polar surface area (TPSA) is 61.2 Å². The molecule has 6 heteroatoms. The lowest BCUT2D eigenvalue weighted by Gasteiger charge is -2.23. The van der Waals surface area contributed by atoms with E-state index in [2.05, 4.69) is 11.0 Å². The first-order valence-electron chi connectivity index (χ1n) is 9.70. The first-order chi connectivity index (χ1) is 14.5. The van der Waals surface area contributed by atoms with Crippen LogP contribution >= 0.6 is 0 Å². The summed E-state index contributed by atoms with van der Waals surface area (Å²) in [5.41, 5.74) is 2.43. The average Bonchev–Trinajstić information content (AvgIpc) is 2.75. The van der Waals surface area contributed by atoms with Crippen molar-refractivity contribution in [2.45, 2.75) is 24.4 Å². The molecular weight excluding hydrogens is 399 g/mol. The van der Waals surface area contributed by atoms with Crippen LogP contribution < -0.4 is 0 Å². The molecule has 4 nitrogen and oxygen atoms in total. The Balaban J connectivity index is 1.69. The minimum absolute atomic E-state index is 0.0457. The molecule has 0 saturated heterocycles. The Morgan fingerprint density at radius 2 is 1.57 bits per heavy atom. The maximum absolute atomic E-state index is 13.6. The summed E-state index contributed by atoms with van der Waals surface area (Å²) < 4.78 is 38.7. The van der Waals surface area contributed by atoms with E-state index in [4.69, 9.17) is 5.26 Å². The van der Waals surface area contributed by atoms with Gasteiger partial charge in [0.05, 0.1) is 22.3 Å². The number of sulfone groups is 1. The van der Waals surface area contributed by atoms with Crippen LogP contribution in [0.3, 0.4) is 0 Å². The van der Waals surface area contributed by atoms with Gasteiger partial charge in [-0.05, 0) is 60.5 Å². The molecule has 154 valence electrons. The van der Waals surface area contributed by atoms with Crippen LogP contribution in [0.1, 0.15) is 23.1 Å². The van der Waals surface area contributed by atoms with Gasteiger partial charge < -0.3 is 0 Å². The predicted molar refractivity (Wildman–Crippen MR) is 115 cm³/mol. The van der Waals surface area contributed by atoms with E-state index in [1.54, 1.807) is 48.5 Å². The minimum atomic E-state index is -3.34. The summed E-state index contributed by atoms with van der Waals surface area (Å²) in [6.07, 6.45) is 0.461. The summed E-state index contributed by atoms with van der Waals surface area (Å²) in [6.45, 7) is 1.62. The summed E-state index contributed by atoms with van der Waals surface area (Å²) in [4.78, 5) is 2.42. The van der Waals surface area contributed by atoms with Crippen molar-refractivity contribution in [1.29, 1.82) is 5.26 Å². The van der Waals surface area contributed by atoms with Gasteiger partial charge in [-0.15, -0.1) is 0 Å². The van der Waals surface area contributed by atoms with Crippen LogP contribution in [0.2, 0.25) is 0 Å². The van der Waals surface area contributed by atoms with E-state index < -0.39 is 9.84 Å². The highest BCUT2D eigenvalue weighted by molar-refractivity contribution is 7.91. The molecule has 0 fully saturated rings. The Kier molecular flexibility index (Phi) is 7.34. The lowest BCUT2D eigenvalue weighted by Crippen LogP contribution is -2.25. The Morgan fingerprint density at radius 1 is 0.867 bits per heavy atom. The molecule has 0 aromatic heterocycles. The molecule has 0 aliphatic carbocycles. The van der Waals surface area contributed by atoms with Crippen LogP contribution in [0, 0.1) is 17.1 Å². The molecule has 3 aromatic carbocycles. The van der Waals surface area contributed by atoms with Crippen molar-refractivity contribution in [3.8, 4) is 6.07 Å². The highest BCUT2D eigenvalue weighted by atomic mass is 32.2. The monoisotopic (exact) mass is 422 g/mol. The van der Waals surface area contributed by atoms with E-state index in [-0.39, 0.29) is 11.6 Å². The van der Waals surface area contributed by atoms with E-state index in [0.717, 1.165) is 11.1 Å². The standard InChI is InChI=1S/C24H23FN2O2S/c25-23-7-4-6-22(16-23)19-27(18-21-12-10-20(17-26)11-13-21)14-5-15-30(28,29)24-8-2-1-3-9-24/h1-4,6-13,16H,5,14-15,18-19H2. The Morgan fingerprint density at radius 3 is 2.23 bits per heavy atom. The molecular formula is C24H23FN2O2S. The van der Waals surface area contributed by atoms with Crippen molar-refractivity contribution < 1.29 is 12.8 Å². The molecule has 0 aliphatic rings. The zero-order chi connectivity index (χ0) is 21.4. The second-order valence-electron chi connectivity index (χ2n) is 7.13. The molecule has 30 heavy (non-hydrogen) atoms. The number of hydrogen-bond acceptors (Lipinski definition) is 4. The number of rotatable bonds is 9. The first-order valence-corrected chi connectivity index (χ1v) is 11.4. The van der Waals surface area contributed by atoms with Crippen LogP contribution in [-0.4, -0.2) is 25.6 Å². The molecule has 0 bridgehead atoms. The molecule has 0 amide bonds. The number of nitriles is 1. The predicted octanol–water partition coefficient (Wildman–Crippen LogP) is 4.56. The van der Waals surface area contributed by atoms with Crippen molar-refractivity contribution in [2.24, 2.45) is 0 Å². The third-order valence-corrected chi connectivity index (χ3v) is 6.59. The highest BCUT2D eigenvalue weighted by Crippen LogP contribution is 2.15. The summed E-state index contributed by atoms with van der Waals surface area (Å²) in [7, 11) is -3.34. The molecule has 3 aromatic rings. The van der Waals surface area contributed by atoms with E-state index in [9.17, 15) is 12.8 Å². The van der Waals surface area contributed by atoms with Crippen LogP contribution in [-0.2, 0) is 22.9 Å². The second kappa shape index (κ2) is 10.1. The van der Waals surface area contributed by atoms with Gasteiger partial charge in [0.25, 0.3) is 0 Å². The normalized spacial score (nSPS) is 11.4. The molecule has 0 saturated carbocycles. The second-order valence-corrected chi connectivity index (χ2v) is 9.24. The SMILES string of the molecule is N#Cc1ccc(CN(CCCS(=O)(=O)c2ccccc2)Cc2cccc(F)c2)cc1. The van der Waals surface area contributed by atoms with Crippen molar-refractivity contribution in [1.82, 2.24) is 4.90 Å². The molecule has 0 heterocycles. The van der Waals surface area contributed by atoms with E-state index in [0.29, 0.717) is 36.5 Å². The van der Waals surface area contributed by atoms with Gasteiger partial charge in [0.15, 0.2) is 9.84 Å². The fourth-order valence-electron chi connectivity index (χ4n) is 3.27. The summed E-state index contributed by atoms with van der Waals surface area (Å²) in [6, 6.07) is 24.3. The summed E-state index contributed by atoms with van der Waals surface area (Å²) >= 11 is 0. The lowest BCUT2D eigenvalue weighted by atomic mass is 10.1. The lowest BCUT2D eigenvalue weighted by molar-refractivity contribution is 0.257. The van der Waals surface area contributed by atoms with E-state index in [1.165, 1.54) is 12.1 Å². The third kappa shape index (κ3) is 6.24. The smallest absolute Gasteiger partial charge is 0.178 e. The van der Waals surface area contributed by atoms with Gasteiger partial charge in [-0.1, -0.05) is 42.5 Å². The maximum Gasteiger partial charge on any atom is 0.178 e. The number of benzene rings is 3. The van der Waals surface area contributed by atoms with Gasteiger partial charge in [-0.3, -0.25) is 4.90 Å². The fraction of sp³-hybridized carbons (Fsp3) is 0.208. The quantitative estimate of drug-likeness (QED) is 0.507. The van der Waals surface area contributed by atoms with Crippen molar-refractivity contribution in [3.05, 3.63) is 101 Å². The number of halogens is 1. The van der Waals surface area contributed by atoms with Crippen molar-refractivity contribution in [3.63, 3.8) is 0 Å². The van der Waals surface area contributed by atoms with Gasteiger partial charge in [-0.2, -0.15) is 5.26 Å². The van der Waals surface area contributed by atoms with Gasteiger partial charge in [0.1, 0.15) is 5.82 Å². The van der Waals surface area contributed by atoms with Crippen LogP contribution in [0.4, 0.5) is 4.39 Å². The van der Waals surface area contributed by atoms with Gasteiger partial charge in [0.2, 0.25) is 0 Å². The van der Waals surface area contributed by atoms with Crippen molar-refractivity contribution >= 4 is 9.84 Å². The molecule has 0 aliphatic heterocycles. The van der Waals surface area contributed by atoms with Gasteiger partial charge in [0, 0.05) is 13.1 Å².